The second-order valence-corrected chi connectivity index (χ2v) is 4.77. The van der Waals surface area contributed by atoms with Crippen LogP contribution in [0.1, 0.15) is 12.0 Å². The van der Waals surface area contributed by atoms with Crippen LogP contribution in [-0.4, -0.2) is 29.8 Å². The fourth-order valence-electron chi connectivity index (χ4n) is 2.12. The average Bonchev–Trinajstić information content (AvgIpc) is 3.06. The predicted molar refractivity (Wildman–Crippen MR) is 81.9 cm³/mol. The monoisotopic (exact) mass is 297 g/mol. The van der Waals surface area contributed by atoms with Gasteiger partial charge in [0.1, 0.15) is 11.6 Å². The number of nitrogens with zero attached hydrogens (tertiary/aromatic N) is 2. The van der Waals surface area contributed by atoms with Crippen molar-refractivity contribution >= 4 is 17.4 Å². The van der Waals surface area contributed by atoms with Crippen LogP contribution in [0, 0.1) is 0 Å². The van der Waals surface area contributed by atoms with Gasteiger partial charge in [-0.1, -0.05) is 11.2 Å². The molecule has 0 aliphatic carbocycles. The van der Waals surface area contributed by atoms with Crippen LogP contribution in [-0.2, 0) is 9.63 Å². The highest BCUT2D eigenvalue weighted by atomic mass is 16.6. The van der Waals surface area contributed by atoms with Crippen LogP contribution in [0.2, 0.25) is 0 Å². The molecule has 112 valence electrons. The van der Waals surface area contributed by atoms with E-state index in [0.29, 0.717) is 12.2 Å². The van der Waals surface area contributed by atoms with E-state index in [9.17, 15) is 4.79 Å². The predicted octanol–water partition coefficient (Wildman–Crippen LogP) is 2.22. The molecular weight excluding hydrogens is 282 g/mol. The molecule has 1 aliphatic rings. The number of benzene rings is 1. The Morgan fingerprint density at radius 2 is 2.09 bits per heavy atom. The summed E-state index contributed by atoms with van der Waals surface area (Å²) in [6, 6.07) is 12.8. The Bertz CT molecular complexity index is 684. The zero-order valence-electron chi connectivity index (χ0n) is 12.0. The minimum atomic E-state index is -0.640. The van der Waals surface area contributed by atoms with Gasteiger partial charge in [0.05, 0.1) is 12.8 Å². The highest BCUT2D eigenvalue weighted by Gasteiger charge is 2.29. The standard InChI is InChI=1S/C16H15N3O3/c1-21-12-7-5-11(6-8-12)13-10-14(22-19-13)16(20)18-15-4-2-3-9-17-15/h2-9,14H,10H2,1H3,(H,17,18,20). The first-order valence-electron chi connectivity index (χ1n) is 6.85. The molecule has 0 saturated heterocycles. The third-order valence-electron chi connectivity index (χ3n) is 3.30. The quantitative estimate of drug-likeness (QED) is 0.939. The van der Waals surface area contributed by atoms with Gasteiger partial charge < -0.3 is 14.9 Å². The highest BCUT2D eigenvalue weighted by molar-refractivity contribution is 6.06. The van der Waals surface area contributed by atoms with E-state index in [-0.39, 0.29) is 5.91 Å². The largest absolute Gasteiger partial charge is 0.497 e. The number of rotatable bonds is 4. The number of hydrogen-bond donors (Lipinski definition) is 1. The van der Waals surface area contributed by atoms with Crippen molar-refractivity contribution < 1.29 is 14.4 Å². The summed E-state index contributed by atoms with van der Waals surface area (Å²) in [5, 5.41) is 6.71. The number of aromatic nitrogens is 1. The second-order valence-electron chi connectivity index (χ2n) is 4.77. The van der Waals surface area contributed by atoms with Crippen LogP contribution in [0.4, 0.5) is 5.82 Å². The molecule has 2 heterocycles. The third kappa shape index (κ3) is 3.06. The van der Waals surface area contributed by atoms with E-state index in [1.165, 1.54) is 0 Å². The van der Waals surface area contributed by atoms with Gasteiger partial charge in [-0.05, 0) is 42.0 Å². The number of methoxy groups -OCH3 is 1. The van der Waals surface area contributed by atoms with Gasteiger partial charge in [-0.3, -0.25) is 4.79 Å². The molecule has 2 aromatic rings. The maximum atomic E-state index is 12.1. The van der Waals surface area contributed by atoms with Gasteiger partial charge in [0.2, 0.25) is 6.10 Å². The Morgan fingerprint density at radius 1 is 1.27 bits per heavy atom. The summed E-state index contributed by atoms with van der Waals surface area (Å²) in [5.74, 6) is 1.01. The zero-order chi connectivity index (χ0) is 15.4. The van der Waals surface area contributed by atoms with Gasteiger partial charge in [-0.15, -0.1) is 0 Å². The van der Waals surface area contributed by atoms with E-state index >= 15 is 0 Å². The summed E-state index contributed by atoms with van der Waals surface area (Å²) in [6.45, 7) is 0. The lowest BCUT2D eigenvalue weighted by molar-refractivity contribution is -0.125. The van der Waals surface area contributed by atoms with Gasteiger partial charge in [0.15, 0.2) is 0 Å². The molecule has 1 N–H and O–H groups in total. The molecule has 3 rings (SSSR count). The van der Waals surface area contributed by atoms with Crippen molar-refractivity contribution in [3.63, 3.8) is 0 Å². The van der Waals surface area contributed by atoms with Crippen LogP contribution in [0.3, 0.4) is 0 Å². The summed E-state index contributed by atoms with van der Waals surface area (Å²) < 4.78 is 5.12. The smallest absolute Gasteiger partial charge is 0.269 e. The summed E-state index contributed by atoms with van der Waals surface area (Å²) in [5.41, 5.74) is 1.65. The van der Waals surface area contributed by atoms with Crippen molar-refractivity contribution in [2.24, 2.45) is 5.16 Å². The van der Waals surface area contributed by atoms with Crippen molar-refractivity contribution in [3.05, 3.63) is 54.2 Å². The molecule has 0 spiro atoms. The zero-order valence-corrected chi connectivity index (χ0v) is 12.0. The molecule has 1 aromatic heterocycles. The number of amides is 1. The molecule has 1 aromatic carbocycles. The molecule has 0 fully saturated rings. The van der Waals surface area contributed by atoms with Gasteiger partial charge in [-0.2, -0.15) is 0 Å². The van der Waals surface area contributed by atoms with E-state index in [4.69, 9.17) is 9.57 Å². The lowest BCUT2D eigenvalue weighted by atomic mass is 10.0. The van der Waals surface area contributed by atoms with Crippen LogP contribution < -0.4 is 10.1 Å². The van der Waals surface area contributed by atoms with Crippen molar-refractivity contribution in [2.45, 2.75) is 12.5 Å². The maximum absolute atomic E-state index is 12.1. The molecule has 1 atom stereocenters. The maximum Gasteiger partial charge on any atom is 0.269 e. The van der Waals surface area contributed by atoms with E-state index in [1.807, 2.05) is 24.3 Å². The first-order valence-corrected chi connectivity index (χ1v) is 6.85. The number of oxime groups is 1. The molecule has 6 heteroatoms. The second kappa shape index (κ2) is 6.26. The minimum Gasteiger partial charge on any atom is -0.497 e. The normalized spacial score (nSPS) is 16.6. The number of hydrogen-bond acceptors (Lipinski definition) is 5. The molecule has 1 unspecified atom stereocenters. The van der Waals surface area contributed by atoms with Gasteiger partial charge in [-0.25, -0.2) is 4.98 Å². The van der Waals surface area contributed by atoms with Crippen LogP contribution >= 0.6 is 0 Å². The van der Waals surface area contributed by atoms with Crippen LogP contribution in [0.5, 0.6) is 5.75 Å². The molecule has 0 radical (unpaired) electrons. The summed E-state index contributed by atoms with van der Waals surface area (Å²) in [6.07, 6.45) is 1.40. The van der Waals surface area contributed by atoms with E-state index in [0.717, 1.165) is 17.0 Å². The number of anilines is 1. The number of ether oxygens (including phenoxy) is 1. The first-order chi connectivity index (χ1) is 10.8. The van der Waals surface area contributed by atoms with Crippen molar-refractivity contribution in [1.82, 2.24) is 4.98 Å². The summed E-state index contributed by atoms with van der Waals surface area (Å²) >= 11 is 0. The van der Waals surface area contributed by atoms with Gasteiger partial charge >= 0.3 is 0 Å². The average molecular weight is 297 g/mol. The number of carbonyl (C=O) groups excluding carboxylic acids is 1. The highest BCUT2D eigenvalue weighted by Crippen LogP contribution is 2.20. The first kappa shape index (κ1) is 14.1. The molecule has 0 bridgehead atoms. The Kier molecular flexibility index (Phi) is 4.00. The molecular formula is C16H15N3O3. The lowest BCUT2D eigenvalue weighted by Gasteiger charge is -2.08. The summed E-state index contributed by atoms with van der Waals surface area (Å²) in [4.78, 5) is 21.4. The molecule has 1 amide bonds. The molecule has 22 heavy (non-hydrogen) atoms. The molecule has 1 aliphatic heterocycles. The lowest BCUT2D eigenvalue weighted by Crippen LogP contribution is -2.28. The molecule has 0 saturated carbocycles. The van der Waals surface area contributed by atoms with E-state index in [2.05, 4.69) is 15.5 Å². The van der Waals surface area contributed by atoms with E-state index in [1.54, 1.807) is 31.5 Å². The number of nitrogens with one attached hydrogen (secondary N) is 1. The van der Waals surface area contributed by atoms with Gasteiger partial charge in [0, 0.05) is 12.6 Å². The van der Waals surface area contributed by atoms with Crippen LogP contribution in [0.25, 0.3) is 0 Å². The van der Waals surface area contributed by atoms with Gasteiger partial charge in [0.25, 0.3) is 5.91 Å². The Balaban J connectivity index is 1.62. The Morgan fingerprint density at radius 3 is 2.77 bits per heavy atom. The topological polar surface area (TPSA) is 72.8 Å². The van der Waals surface area contributed by atoms with Crippen LogP contribution in [0.15, 0.2) is 53.8 Å². The number of pyridine rings is 1. The minimum absolute atomic E-state index is 0.258. The number of carbonyl (C=O) groups is 1. The molecule has 6 nitrogen and oxygen atoms in total. The SMILES string of the molecule is COc1ccc(C2=NOC(C(=O)Nc3ccccn3)C2)cc1. The Hall–Kier alpha value is -2.89. The fraction of sp³-hybridized carbons (Fsp3) is 0.188. The van der Waals surface area contributed by atoms with Crippen molar-refractivity contribution in [3.8, 4) is 5.75 Å². The van der Waals surface area contributed by atoms with Crippen molar-refractivity contribution in [2.75, 3.05) is 12.4 Å². The third-order valence-corrected chi connectivity index (χ3v) is 3.30. The van der Waals surface area contributed by atoms with E-state index < -0.39 is 6.10 Å². The summed E-state index contributed by atoms with van der Waals surface area (Å²) in [7, 11) is 1.61. The van der Waals surface area contributed by atoms with Crippen molar-refractivity contribution in [1.29, 1.82) is 0 Å². The Labute approximate surface area is 127 Å². The fourth-order valence-corrected chi connectivity index (χ4v) is 2.12.